The highest BCUT2D eigenvalue weighted by atomic mass is 16.5. The number of aryl methyl sites for hydroxylation is 2. The summed E-state index contributed by atoms with van der Waals surface area (Å²) in [7, 11) is 0. The van der Waals surface area contributed by atoms with Gasteiger partial charge >= 0.3 is 0 Å². The van der Waals surface area contributed by atoms with Crippen LogP contribution in [0, 0.1) is 19.8 Å². The number of carbonyl (C=O) groups is 2. The second kappa shape index (κ2) is 5.80. The van der Waals surface area contributed by atoms with E-state index in [-0.39, 0.29) is 11.7 Å². The molecule has 1 aromatic carbocycles. The lowest BCUT2D eigenvalue weighted by atomic mass is 9.95. The van der Waals surface area contributed by atoms with Crippen LogP contribution in [0.1, 0.15) is 42.3 Å². The smallest absolute Gasteiger partial charge is 0.229 e. The van der Waals surface area contributed by atoms with Crippen molar-refractivity contribution in [2.24, 2.45) is 5.92 Å². The van der Waals surface area contributed by atoms with E-state index in [0.29, 0.717) is 12.2 Å². The maximum atomic E-state index is 12.0. The van der Waals surface area contributed by atoms with Gasteiger partial charge in [-0.15, -0.1) is 0 Å². The molecule has 1 aromatic rings. The van der Waals surface area contributed by atoms with Crippen molar-refractivity contribution in [3.63, 3.8) is 0 Å². The van der Waals surface area contributed by atoms with E-state index in [9.17, 15) is 9.59 Å². The molecule has 0 heterocycles. The van der Waals surface area contributed by atoms with Gasteiger partial charge in [-0.1, -0.05) is 13.8 Å². The molecule has 98 valence electrons. The number of hydrogen-bond acceptors (Lipinski definition) is 3. The van der Waals surface area contributed by atoms with Crippen LogP contribution in [-0.4, -0.2) is 18.2 Å². The number of carbonyl (C=O) groups excluding carboxylic acids is 2. The van der Waals surface area contributed by atoms with Gasteiger partial charge in [-0.25, -0.2) is 0 Å². The van der Waals surface area contributed by atoms with Crippen molar-refractivity contribution in [1.29, 1.82) is 0 Å². The minimum atomic E-state index is -0.409. The molecule has 0 aromatic heterocycles. The summed E-state index contributed by atoms with van der Waals surface area (Å²) in [5.41, 5.74) is 2.14. The topological polar surface area (TPSA) is 43.4 Å². The highest BCUT2D eigenvalue weighted by molar-refractivity contribution is 6.44. The number of ether oxygens (including phenoxy) is 1. The summed E-state index contributed by atoms with van der Waals surface area (Å²) in [4.78, 5) is 23.8. The summed E-state index contributed by atoms with van der Waals surface area (Å²) < 4.78 is 5.46. The predicted molar refractivity (Wildman–Crippen MR) is 71.3 cm³/mol. The molecule has 0 spiro atoms. The monoisotopic (exact) mass is 248 g/mol. The standard InChI is InChI=1S/C15H20O3/c1-6-18-13-8-10(4)12(7-11(13)5)15(17)14(16)9(2)3/h7-9H,6H2,1-5H3. The average molecular weight is 248 g/mol. The van der Waals surface area contributed by atoms with Crippen LogP contribution in [0.25, 0.3) is 0 Å². The molecule has 1 rings (SSSR count). The van der Waals surface area contributed by atoms with Crippen LogP contribution in [0.5, 0.6) is 5.75 Å². The molecule has 0 atom stereocenters. The van der Waals surface area contributed by atoms with Gasteiger partial charge in [0.15, 0.2) is 0 Å². The molecule has 0 saturated heterocycles. The van der Waals surface area contributed by atoms with Gasteiger partial charge in [0.2, 0.25) is 11.6 Å². The van der Waals surface area contributed by atoms with Gasteiger partial charge in [0.05, 0.1) is 6.61 Å². The van der Waals surface area contributed by atoms with Gasteiger partial charge in [-0.3, -0.25) is 9.59 Å². The molecular weight excluding hydrogens is 228 g/mol. The van der Waals surface area contributed by atoms with Gasteiger partial charge in [0.25, 0.3) is 0 Å². The zero-order valence-electron chi connectivity index (χ0n) is 11.7. The summed E-state index contributed by atoms with van der Waals surface area (Å²) in [6.45, 7) is 9.66. The summed E-state index contributed by atoms with van der Waals surface area (Å²) in [6.07, 6.45) is 0. The molecule has 3 heteroatoms. The van der Waals surface area contributed by atoms with Crippen LogP contribution in [0.4, 0.5) is 0 Å². The number of rotatable bonds is 5. The number of ketones is 2. The van der Waals surface area contributed by atoms with Crippen molar-refractivity contribution in [1.82, 2.24) is 0 Å². The van der Waals surface area contributed by atoms with E-state index in [4.69, 9.17) is 4.74 Å². The Hall–Kier alpha value is -1.64. The minimum Gasteiger partial charge on any atom is -0.494 e. The zero-order valence-corrected chi connectivity index (χ0v) is 11.7. The predicted octanol–water partition coefficient (Wildman–Crippen LogP) is 3.11. The Morgan fingerprint density at radius 1 is 1.17 bits per heavy atom. The molecule has 3 nitrogen and oxygen atoms in total. The first-order chi connectivity index (χ1) is 8.38. The third-order valence-corrected chi connectivity index (χ3v) is 2.81. The van der Waals surface area contributed by atoms with Gasteiger partial charge in [-0.05, 0) is 44.0 Å². The van der Waals surface area contributed by atoms with Gasteiger partial charge < -0.3 is 4.74 Å². The fraction of sp³-hybridized carbons (Fsp3) is 0.467. The maximum Gasteiger partial charge on any atom is 0.229 e. The highest BCUT2D eigenvalue weighted by Crippen LogP contribution is 2.24. The molecule has 0 unspecified atom stereocenters. The van der Waals surface area contributed by atoms with Crippen molar-refractivity contribution in [2.45, 2.75) is 34.6 Å². The van der Waals surface area contributed by atoms with Crippen LogP contribution in [0.3, 0.4) is 0 Å². The van der Waals surface area contributed by atoms with Crippen molar-refractivity contribution in [3.8, 4) is 5.75 Å². The second-order valence-corrected chi connectivity index (χ2v) is 4.71. The third-order valence-electron chi connectivity index (χ3n) is 2.81. The molecule has 0 radical (unpaired) electrons. The zero-order chi connectivity index (χ0) is 13.9. The van der Waals surface area contributed by atoms with Crippen molar-refractivity contribution < 1.29 is 14.3 Å². The van der Waals surface area contributed by atoms with Crippen LogP contribution in [-0.2, 0) is 4.79 Å². The molecule has 0 fully saturated rings. The molecule has 0 N–H and O–H groups in total. The van der Waals surface area contributed by atoms with E-state index < -0.39 is 5.78 Å². The molecule has 0 saturated carbocycles. The lowest BCUT2D eigenvalue weighted by molar-refractivity contribution is -0.117. The Morgan fingerprint density at radius 3 is 2.28 bits per heavy atom. The van der Waals surface area contributed by atoms with Gasteiger partial charge in [-0.2, -0.15) is 0 Å². The molecule has 0 bridgehead atoms. The van der Waals surface area contributed by atoms with Crippen LogP contribution in [0.2, 0.25) is 0 Å². The summed E-state index contributed by atoms with van der Waals surface area (Å²) in [6, 6.07) is 3.56. The molecule has 0 aliphatic carbocycles. The van der Waals surface area contributed by atoms with Crippen molar-refractivity contribution >= 4 is 11.6 Å². The molecule has 0 aliphatic rings. The normalized spacial score (nSPS) is 10.6. The molecule has 0 amide bonds. The summed E-state index contributed by atoms with van der Waals surface area (Å²) >= 11 is 0. The van der Waals surface area contributed by atoms with Gasteiger partial charge in [0, 0.05) is 11.5 Å². The van der Waals surface area contributed by atoms with Crippen LogP contribution in [0.15, 0.2) is 12.1 Å². The van der Waals surface area contributed by atoms with E-state index in [0.717, 1.165) is 16.9 Å². The van der Waals surface area contributed by atoms with E-state index in [1.807, 2.05) is 26.8 Å². The maximum absolute atomic E-state index is 12.0. The highest BCUT2D eigenvalue weighted by Gasteiger charge is 2.21. The van der Waals surface area contributed by atoms with Crippen LogP contribution < -0.4 is 4.74 Å². The van der Waals surface area contributed by atoms with E-state index >= 15 is 0 Å². The lowest BCUT2D eigenvalue weighted by Crippen LogP contribution is -2.20. The second-order valence-electron chi connectivity index (χ2n) is 4.71. The minimum absolute atomic E-state index is 0.274. The fourth-order valence-corrected chi connectivity index (χ4v) is 1.74. The Morgan fingerprint density at radius 2 is 1.78 bits per heavy atom. The first-order valence-corrected chi connectivity index (χ1v) is 6.21. The lowest BCUT2D eigenvalue weighted by Gasteiger charge is -2.12. The van der Waals surface area contributed by atoms with Gasteiger partial charge in [0.1, 0.15) is 5.75 Å². The Balaban J connectivity index is 3.15. The van der Waals surface area contributed by atoms with E-state index in [2.05, 4.69) is 0 Å². The largest absolute Gasteiger partial charge is 0.494 e. The van der Waals surface area contributed by atoms with Crippen molar-refractivity contribution in [2.75, 3.05) is 6.61 Å². The average Bonchev–Trinajstić information content (AvgIpc) is 2.31. The first-order valence-electron chi connectivity index (χ1n) is 6.21. The van der Waals surface area contributed by atoms with E-state index in [1.165, 1.54) is 0 Å². The number of benzene rings is 1. The molecule has 18 heavy (non-hydrogen) atoms. The Bertz CT molecular complexity index is 473. The third kappa shape index (κ3) is 2.97. The summed E-state index contributed by atoms with van der Waals surface area (Å²) in [5, 5.41) is 0. The summed E-state index contributed by atoms with van der Waals surface area (Å²) in [5.74, 6) is -0.261. The first kappa shape index (κ1) is 14.4. The molecular formula is C15H20O3. The SMILES string of the molecule is CCOc1cc(C)c(C(=O)C(=O)C(C)C)cc1C. The fourth-order valence-electron chi connectivity index (χ4n) is 1.74. The quantitative estimate of drug-likeness (QED) is 0.594. The Kier molecular flexibility index (Phi) is 4.65. The van der Waals surface area contributed by atoms with Crippen molar-refractivity contribution in [3.05, 3.63) is 28.8 Å². The number of hydrogen-bond donors (Lipinski definition) is 0. The Labute approximate surface area is 108 Å². The number of Topliss-reactive ketones (excluding diaryl/α,β-unsaturated/α-hetero) is 2. The van der Waals surface area contributed by atoms with Crippen LogP contribution >= 0.6 is 0 Å². The molecule has 0 aliphatic heterocycles. The van der Waals surface area contributed by atoms with E-state index in [1.54, 1.807) is 19.9 Å².